The second kappa shape index (κ2) is 14.8. The van der Waals surface area contributed by atoms with Gasteiger partial charge in [0.1, 0.15) is 0 Å². The van der Waals surface area contributed by atoms with Crippen LogP contribution < -0.4 is 10.6 Å². The zero-order valence-electron chi connectivity index (χ0n) is 24.1. The predicted molar refractivity (Wildman–Crippen MR) is 167 cm³/mol. The normalized spacial score (nSPS) is 13.1. The molecule has 0 saturated heterocycles. The molecule has 0 bridgehead atoms. The van der Waals surface area contributed by atoms with Crippen LogP contribution in [-0.2, 0) is 5.41 Å². The first-order valence-electron chi connectivity index (χ1n) is 13.1. The van der Waals surface area contributed by atoms with Gasteiger partial charge in [0.2, 0.25) is 0 Å². The van der Waals surface area contributed by atoms with Crippen molar-refractivity contribution in [2.45, 2.75) is 66.7 Å². The fourth-order valence-corrected chi connectivity index (χ4v) is 4.84. The second-order valence-corrected chi connectivity index (χ2v) is 9.69. The number of terminal acetylenes is 1. The van der Waals surface area contributed by atoms with Crippen molar-refractivity contribution in [1.29, 1.82) is 0 Å². The first kappa shape index (κ1) is 31.3. The van der Waals surface area contributed by atoms with Crippen molar-refractivity contribution in [2.24, 2.45) is 5.73 Å². The van der Waals surface area contributed by atoms with Crippen molar-refractivity contribution in [3.8, 4) is 24.0 Å². The topological polar surface area (TPSA) is 29.3 Å². The van der Waals surface area contributed by atoms with Crippen LogP contribution in [0.25, 0.3) is 16.8 Å². The van der Waals surface area contributed by atoms with E-state index in [9.17, 15) is 0 Å². The number of hydrogen-bond acceptors (Lipinski definition) is 2. The standard InChI is InChI=1S/C29H33N.C2H5N.C2H6.C2H2/c1-20-12-15-28-27(18-20)29(5,6)16-9-17-30(28)23(4)25-14-13-24(19-22(25)3)26-11-8-7-10-21(26)2;1-2-3;2*1-2/h7-8,10-15,18-19H,4,9,16-17H2,1-3,5-6H3;2H,1,3H2;1-2H3;1-2H. The van der Waals surface area contributed by atoms with E-state index in [0.29, 0.717) is 0 Å². The van der Waals surface area contributed by atoms with Crippen LogP contribution in [0.5, 0.6) is 0 Å². The zero-order valence-corrected chi connectivity index (χ0v) is 24.1. The van der Waals surface area contributed by atoms with Crippen molar-refractivity contribution >= 4 is 11.4 Å². The lowest BCUT2D eigenvalue weighted by molar-refractivity contribution is 0.477. The van der Waals surface area contributed by atoms with Crippen molar-refractivity contribution in [2.75, 3.05) is 11.4 Å². The fraction of sp³-hybridized carbons (Fsp3) is 0.314. The van der Waals surface area contributed by atoms with Gasteiger partial charge >= 0.3 is 0 Å². The molecule has 0 fully saturated rings. The quantitative estimate of drug-likeness (QED) is 0.368. The lowest BCUT2D eigenvalue weighted by Gasteiger charge is -2.31. The highest BCUT2D eigenvalue weighted by Crippen LogP contribution is 2.42. The zero-order chi connectivity index (χ0) is 28.2. The number of nitrogens with two attached hydrogens (primary N) is 1. The molecule has 0 atom stereocenters. The van der Waals surface area contributed by atoms with Gasteiger partial charge in [0.05, 0.1) is 0 Å². The molecule has 2 heteroatoms. The summed E-state index contributed by atoms with van der Waals surface area (Å²) in [5.74, 6) is 0. The van der Waals surface area contributed by atoms with Crippen LogP contribution in [0, 0.1) is 33.6 Å². The largest absolute Gasteiger partial charge is 0.405 e. The molecule has 4 rings (SSSR count). The Morgan fingerprint density at radius 2 is 1.57 bits per heavy atom. The number of anilines is 1. The Morgan fingerprint density at radius 3 is 2.16 bits per heavy atom. The van der Waals surface area contributed by atoms with Gasteiger partial charge in [-0.3, -0.25) is 0 Å². The first-order valence-corrected chi connectivity index (χ1v) is 13.1. The predicted octanol–water partition coefficient (Wildman–Crippen LogP) is 9.19. The maximum atomic E-state index is 4.61. The van der Waals surface area contributed by atoms with E-state index in [2.05, 4.69) is 132 Å². The molecule has 0 aromatic heterocycles. The smallest absolute Gasteiger partial charge is 0.0448 e. The number of aryl methyl sites for hydroxylation is 3. The highest BCUT2D eigenvalue weighted by atomic mass is 15.1. The molecule has 1 aliphatic heterocycles. The Morgan fingerprint density at radius 1 is 0.946 bits per heavy atom. The van der Waals surface area contributed by atoms with Crippen LogP contribution in [0.2, 0.25) is 0 Å². The Bertz CT molecular complexity index is 1200. The van der Waals surface area contributed by atoms with Crippen LogP contribution >= 0.6 is 0 Å². The molecule has 37 heavy (non-hydrogen) atoms. The lowest BCUT2D eigenvalue weighted by Crippen LogP contribution is -2.23. The number of fused-ring (bicyclic) bond motifs is 1. The van der Waals surface area contributed by atoms with Crippen LogP contribution in [-0.4, -0.2) is 6.54 Å². The van der Waals surface area contributed by atoms with E-state index in [1.54, 1.807) is 0 Å². The van der Waals surface area contributed by atoms with Gasteiger partial charge in [-0.15, -0.1) is 12.8 Å². The molecular weight excluding hydrogens is 448 g/mol. The highest BCUT2D eigenvalue weighted by molar-refractivity contribution is 5.83. The second-order valence-electron chi connectivity index (χ2n) is 9.69. The maximum Gasteiger partial charge on any atom is 0.0448 e. The van der Waals surface area contributed by atoms with Gasteiger partial charge in [0.15, 0.2) is 0 Å². The molecule has 0 unspecified atom stereocenters. The lowest BCUT2D eigenvalue weighted by atomic mass is 9.80. The van der Waals surface area contributed by atoms with Crippen molar-refractivity contribution < 1.29 is 0 Å². The Balaban J connectivity index is 0.000000894. The molecule has 196 valence electrons. The summed E-state index contributed by atoms with van der Waals surface area (Å²) in [5.41, 5.74) is 16.4. The van der Waals surface area contributed by atoms with E-state index in [1.807, 2.05) is 13.8 Å². The molecule has 0 aliphatic carbocycles. The summed E-state index contributed by atoms with van der Waals surface area (Å²) in [6.45, 7) is 24.0. The molecular formula is C35H46N2. The van der Waals surface area contributed by atoms with E-state index in [1.165, 1.54) is 63.7 Å². The third kappa shape index (κ3) is 7.64. The van der Waals surface area contributed by atoms with E-state index >= 15 is 0 Å². The minimum atomic E-state index is 0.181. The molecule has 3 aromatic carbocycles. The monoisotopic (exact) mass is 494 g/mol. The molecule has 3 aromatic rings. The molecule has 0 amide bonds. The number of nitrogens with zero attached hydrogens (tertiary/aromatic N) is 1. The summed E-state index contributed by atoms with van der Waals surface area (Å²) in [6, 6.07) is 22.3. The van der Waals surface area contributed by atoms with E-state index in [0.717, 1.165) is 12.2 Å². The molecule has 2 nitrogen and oxygen atoms in total. The van der Waals surface area contributed by atoms with Crippen LogP contribution in [0.4, 0.5) is 5.69 Å². The van der Waals surface area contributed by atoms with E-state index in [-0.39, 0.29) is 5.41 Å². The van der Waals surface area contributed by atoms with Crippen molar-refractivity contribution in [3.05, 3.63) is 108 Å². The first-order chi connectivity index (χ1) is 17.7. The average Bonchev–Trinajstić information content (AvgIpc) is 3.02. The van der Waals surface area contributed by atoms with Crippen LogP contribution in [0.3, 0.4) is 0 Å². The van der Waals surface area contributed by atoms with Crippen LogP contribution in [0.15, 0.2) is 80.0 Å². The molecule has 1 aliphatic rings. The molecule has 2 N–H and O–H groups in total. The molecule has 0 spiro atoms. The average molecular weight is 495 g/mol. The summed E-state index contributed by atoms with van der Waals surface area (Å²) < 4.78 is 0. The van der Waals surface area contributed by atoms with Gasteiger partial charge in [-0.05, 0) is 79.1 Å². The molecule has 0 radical (unpaired) electrons. The minimum absolute atomic E-state index is 0.181. The summed E-state index contributed by atoms with van der Waals surface area (Å²) in [5, 5.41) is 0. The third-order valence-corrected chi connectivity index (χ3v) is 6.67. The Kier molecular flexibility index (Phi) is 12.5. The van der Waals surface area contributed by atoms with E-state index < -0.39 is 0 Å². The van der Waals surface area contributed by atoms with Crippen molar-refractivity contribution in [1.82, 2.24) is 0 Å². The van der Waals surface area contributed by atoms with Gasteiger partial charge in [0.25, 0.3) is 0 Å². The maximum absolute atomic E-state index is 4.61. The number of hydrogen-bond donors (Lipinski definition) is 1. The SMILES string of the molecule is C#C.C=C(c1ccc(-c2ccccc2C)cc1C)N1CCCC(C)(C)c2cc(C)ccc21.C=CN.CC. The summed E-state index contributed by atoms with van der Waals surface area (Å²) in [6.07, 6.45) is 11.6. The molecule has 0 saturated carbocycles. The Labute approximate surface area is 226 Å². The molecule has 1 heterocycles. The van der Waals surface area contributed by atoms with Crippen LogP contribution in [0.1, 0.15) is 68.4 Å². The summed E-state index contributed by atoms with van der Waals surface area (Å²) >= 11 is 0. The van der Waals surface area contributed by atoms with Crippen molar-refractivity contribution in [3.63, 3.8) is 0 Å². The third-order valence-electron chi connectivity index (χ3n) is 6.67. The summed E-state index contributed by atoms with van der Waals surface area (Å²) in [4.78, 5) is 2.44. The van der Waals surface area contributed by atoms with E-state index in [4.69, 9.17) is 0 Å². The number of rotatable bonds is 3. The van der Waals surface area contributed by atoms with Gasteiger partial charge in [-0.1, -0.05) is 101 Å². The Hall–Kier alpha value is -3.70. The van der Waals surface area contributed by atoms with Gasteiger partial charge in [-0.25, -0.2) is 0 Å². The van der Waals surface area contributed by atoms with Gasteiger partial charge < -0.3 is 10.6 Å². The fourth-order valence-electron chi connectivity index (χ4n) is 4.84. The van der Waals surface area contributed by atoms with Gasteiger partial charge in [0, 0.05) is 23.5 Å². The number of benzene rings is 3. The summed E-state index contributed by atoms with van der Waals surface area (Å²) in [7, 11) is 0. The van der Waals surface area contributed by atoms with Gasteiger partial charge in [-0.2, -0.15) is 0 Å². The minimum Gasteiger partial charge on any atom is -0.405 e. The highest BCUT2D eigenvalue weighted by Gasteiger charge is 2.30.